The number of rotatable bonds is 8. The number of anilines is 1. The summed E-state index contributed by atoms with van der Waals surface area (Å²) in [7, 11) is -3.51. The Balaban J connectivity index is 0.00000312. The highest BCUT2D eigenvalue weighted by atomic mass is 35.5. The van der Waals surface area contributed by atoms with Gasteiger partial charge in [0, 0.05) is 44.8 Å². The average Bonchev–Trinajstić information content (AvgIpc) is 2.60. The molecule has 0 aliphatic carbocycles. The van der Waals surface area contributed by atoms with Gasteiger partial charge in [-0.1, -0.05) is 6.92 Å². The second-order valence-electron chi connectivity index (χ2n) is 5.77. The van der Waals surface area contributed by atoms with E-state index in [1.54, 1.807) is 19.1 Å². The second kappa shape index (κ2) is 12.5. The number of benzene rings is 1. The zero-order chi connectivity index (χ0) is 17.4. The molecule has 0 aromatic heterocycles. The molecule has 0 saturated carbocycles. The third kappa shape index (κ3) is 8.20. The van der Waals surface area contributed by atoms with Crippen LogP contribution in [0.1, 0.15) is 19.8 Å². The summed E-state index contributed by atoms with van der Waals surface area (Å²) >= 11 is 0. The number of carbonyl (C=O) groups excluding carboxylic acids is 1. The Morgan fingerprint density at radius 2 is 1.77 bits per heavy atom. The Hall–Kier alpha value is -0.900. The van der Waals surface area contributed by atoms with E-state index < -0.39 is 10.0 Å². The van der Waals surface area contributed by atoms with Gasteiger partial charge in [-0.3, -0.25) is 4.79 Å². The van der Waals surface area contributed by atoms with E-state index in [4.69, 9.17) is 0 Å². The standard InChI is InChI=1S/C16H26N4O3S.2ClH/c1-2-16(21)19-14-4-6-15(7-5-14)24(22,23)18-8-3-11-20-12-9-17-10-13-20;;/h4-7,17-18H,2-3,8-13H2,1H3,(H,19,21);2*1H. The molecule has 1 aliphatic heterocycles. The topological polar surface area (TPSA) is 90.5 Å². The molecule has 1 aromatic carbocycles. The van der Waals surface area contributed by atoms with Crippen LogP contribution in [0.4, 0.5) is 5.69 Å². The first kappa shape index (κ1) is 25.1. The normalized spacial score (nSPS) is 14.8. The van der Waals surface area contributed by atoms with Crippen molar-refractivity contribution in [3.8, 4) is 0 Å². The minimum absolute atomic E-state index is 0. The zero-order valence-corrected chi connectivity index (χ0v) is 17.3. The number of piperazine rings is 1. The van der Waals surface area contributed by atoms with Crippen LogP contribution in [0, 0.1) is 0 Å². The van der Waals surface area contributed by atoms with Gasteiger partial charge >= 0.3 is 0 Å². The fourth-order valence-corrected chi connectivity index (χ4v) is 3.57. The number of hydrogen-bond acceptors (Lipinski definition) is 5. The summed E-state index contributed by atoms with van der Waals surface area (Å²) in [5, 5.41) is 5.99. The zero-order valence-electron chi connectivity index (χ0n) is 14.9. The molecule has 0 atom stereocenters. The van der Waals surface area contributed by atoms with E-state index >= 15 is 0 Å². The fourth-order valence-electron chi connectivity index (χ4n) is 2.49. The Kier molecular flexibility index (Phi) is 12.0. The molecule has 26 heavy (non-hydrogen) atoms. The molecule has 1 heterocycles. The van der Waals surface area contributed by atoms with Crippen LogP contribution in [-0.2, 0) is 14.8 Å². The highest BCUT2D eigenvalue weighted by Gasteiger charge is 2.14. The summed E-state index contributed by atoms with van der Waals surface area (Å²) < 4.78 is 27.1. The van der Waals surface area contributed by atoms with Crippen LogP contribution in [-0.4, -0.2) is 58.5 Å². The minimum Gasteiger partial charge on any atom is -0.326 e. The van der Waals surface area contributed by atoms with Crippen molar-refractivity contribution < 1.29 is 13.2 Å². The highest BCUT2D eigenvalue weighted by molar-refractivity contribution is 7.89. The van der Waals surface area contributed by atoms with Crippen LogP contribution in [0.2, 0.25) is 0 Å². The fraction of sp³-hybridized carbons (Fsp3) is 0.562. The summed E-state index contributed by atoms with van der Waals surface area (Å²) in [6.45, 7) is 7.08. The lowest BCUT2D eigenvalue weighted by molar-refractivity contribution is -0.115. The third-order valence-electron chi connectivity index (χ3n) is 3.92. The Morgan fingerprint density at radius 3 is 2.35 bits per heavy atom. The van der Waals surface area contributed by atoms with Gasteiger partial charge in [-0.15, -0.1) is 24.8 Å². The second-order valence-corrected chi connectivity index (χ2v) is 7.54. The van der Waals surface area contributed by atoms with Crippen molar-refractivity contribution in [2.24, 2.45) is 0 Å². The van der Waals surface area contributed by atoms with E-state index in [-0.39, 0.29) is 35.6 Å². The molecule has 3 N–H and O–H groups in total. The monoisotopic (exact) mass is 426 g/mol. The van der Waals surface area contributed by atoms with Crippen LogP contribution in [0.3, 0.4) is 0 Å². The molecule has 1 saturated heterocycles. The first-order valence-corrected chi connectivity index (χ1v) is 9.82. The van der Waals surface area contributed by atoms with Crippen LogP contribution >= 0.6 is 24.8 Å². The first-order chi connectivity index (χ1) is 11.5. The van der Waals surface area contributed by atoms with Gasteiger partial charge in [-0.25, -0.2) is 13.1 Å². The summed E-state index contributed by atoms with van der Waals surface area (Å²) in [5.74, 6) is -0.100. The van der Waals surface area contributed by atoms with E-state index in [2.05, 4.69) is 20.3 Å². The number of hydrogen-bond donors (Lipinski definition) is 3. The molecule has 1 amide bonds. The van der Waals surface area contributed by atoms with Crippen molar-refractivity contribution in [2.75, 3.05) is 44.6 Å². The van der Waals surface area contributed by atoms with Gasteiger partial charge < -0.3 is 15.5 Å². The Bertz CT molecular complexity index is 635. The number of carbonyl (C=O) groups is 1. The molecule has 150 valence electrons. The average molecular weight is 427 g/mol. The highest BCUT2D eigenvalue weighted by Crippen LogP contribution is 2.14. The predicted octanol–water partition coefficient (Wildman–Crippen LogP) is 1.45. The van der Waals surface area contributed by atoms with Crippen molar-refractivity contribution in [1.82, 2.24) is 14.9 Å². The summed E-state index contributed by atoms with van der Waals surface area (Å²) in [6, 6.07) is 6.21. The van der Waals surface area contributed by atoms with Gasteiger partial charge in [0.15, 0.2) is 0 Å². The lowest BCUT2D eigenvalue weighted by atomic mass is 10.3. The molecule has 0 bridgehead atoms. The van der Waals surface area contributed by atoms with Crippen LogP contribution in [0.15, 0.2) is 29.2 Å². The van der Waals surface area contributed by atoms with Gasteiger partial charge in [-0.2, -0.15) is 0 Å². The number of sulfonamides is 1. The van der Waals surface area contributed by atoms with Gasteiger partial charge in [0.05, 0.1) is 4.90 Å². The molecule has 0 unspecified atom stereocenters. The molecule has 1 aromatic rings. The summed E-state index contributed by atoms with van der Waals surface area (Å²) in [4.78, 5) is 13.9. The van der Waals surface area contributed by atoms with Gasteiger partial charge in [0.2, 0.25) is 15.9 Å². The van der Waals surface area contributed by atoms with Crippen LogP contribution < -0.4 is 15.4 Å². The molecule has 1 fully saturated rings. The van der Waals surface area contributed by atoms with Gasteiger partial charge in [0.25, 0.3) is 0 Å². The van der Waals surface area contributed by atoms with E-state index in [0.29, 0.717) is 18.7 Å². The predicted molar refractivity (Wildman–Crippen MR) is 109 cm³/mol. The molecule has 1 aliphatic rings. The smallest absolute Gasteiger partial charge is 0.240 e. The number of nitrogens with one attached hydrogen (secondary N) is 3. The Labute approximate surface area is 168 Å². The maximum atomic E-state index is 12.3. The van der Waals surface area contributed by atoms with Crippen molar-refractivity contribution in [3.05, 3.63) is 24.3 Å². The van der Waals surface area contributed by atoms with E-state index in [0.717, 1.165) is 39.1 Å². The van der Waals surface area contributed by atoms with E-state index in [1.165, 1.54) is 12.1 Å². The number of halogens is 2. The van der Waals surface area contributed by atoms with Gasteiger partial charge in [-0.05, 0) is 37.2 Å². The van der Waals surface area contributed by atoms with Crippen molar-refractivity contribution in [3.63, 3.8) is 0 Å². The SMILES string of the molecule is CCC(=O)Nc1ccc(S(=O)(=O)NCCCN2CCNCC2)cc1.Cl.Cl. The van der Waals surface area contributed by atoms with Crippen molar-refractivity contribution in [1.29, 1.82) is 0 Å². The quantitative estimate of drug-likeness (QED) is 0.547. The van der Waals surface area contributed by atoms with Crippen molar-refractivity contribution in [2.45, 2.75) is 24.7 Å². The molecule has 0 radical (unpaired) electrons. The third-order valence-corrected chi connectivity index (χ3v) is 5.40. The maximum absolute atomic E-state index is 12.3. The first-order valence-electron chi connectivity index (χ1n) is 8.34. The van der Waals surface area contributed by atoms with Crippen LogP contribution in [0.25, 0.3) is 0 Å². The summed E-state index contributed by atoms with van der Waals surface area (Å²) in [6.07, 6.45) is 1.17. The molecular formula is C16H28Cl2N4O3S. The van der Waals surface area contributed by atoms with E-state index in [1.807, 2.05) is 0 Å². The molecule has 0 spiro atoms. The van der Waals surface area contributed by atoms with Gasteiger partial charge in [0.1, 0.15) is 0 Å². The van der Waals surface area contributed by atoms with E-state index in [9.17, 15) is 13.2 Å². The molecule has 10 heteroatoms. The Morgan fingerprint density at radius 1 is 1.15 bits per heavy atom. The lowest BCUT2D eigenvalue weighted by Gasteiger charge is -2.27. The maximum Gasteiger partial charge on any atom is 0.240 e. The minimum atomic E-state index is -3.51. The number of amides is 1. The molecule has 7 nitrogen and oxygen atoms in total. The molecule has 2 rings (SSSR count). The largest absolute Gasteiger partial charge is 0.326 e. The van der Waals surface area contributed by atoms with Crippen molar-refractivity contribution >= 4 is 46.4 Å². The van der Waals surface area contributed by atoms with Crippen LogP contribution in [0.5, 0.6) is 0 Å². The lowest BCUT2D eigenvalue weighted by Crippen LogP contribution is -2.44. The number of nitrogens with zero attached hydrogens (tertiary/aromatic N) is 1. The summed E-state index contributed by atoms with van der Waals surface area (Å²) in [5.41, 5.74) is 0.597. The molecular weight excluding hydrogens is 399 g/mol.